The standard InChI is InChI=1S/C34H62N2O10/c1-12-25-34(8,41)29(39)21(4)27(37)19(2)18-33(7,42-11)30(22(5)28(38)23(6)31(40)45-25)46-32-26(35(9)10)24(17-20(3)44-32)36-13-15-43-16-14-36/h19-26,28-30,32,38-39,41H,12-18H2,1-11H3/t19-,20-,21+,22+,23-,24-,25-,26+,28+,29-,30-,32+,33+,34-/m1/s1. The number of esters is 1. The molecule has 0 aromatic carbocycles. The second-order valence-corrected chi connectivity index (χ2v) is 14.7. The van der Waals surface area contributed by atoms with Crippen LogP contribution in [0.15, 0.2) is 0 Å². The molecule has 12 heteroatoms. The maximum atomic E-state index is 13.8. The lowest BCUT2D eigenvalue weighted by molar-refractivity contribution is -0.291. The van der Waals surface area contributed by atoms with E-state index in [1.165, 1.54) is 6.92 Å². The van der Waals surface area contributed by atoms with Crippen molar-refractivity contribution in [3.8, 4) is 0 Å². The Morgan fingerprint density at radius 1 is 1.02 bits per heavy atom. The summed E-state index contributed by atoms with van der Waals surface area (Å²) in [5, 5.41) is 34.4. The normalized spacial score (nSPS) is 46.2. The maximum absolute atomic E-state index is 13.8. The Morgan fingerprint density at radius 3 is 2.17 bits per heavy atom. The van der Waals surface area contributed by atoms with Crippen LogP contribution < -0.4 is 0 Å². The number of carbonyl (C=O) groups excluding carboxylic acids is 2. The van der Waals surface area contributed by atoms with Gasteiger partial charge in [-0.1, -0.05) is 27.7 Å². The number of ketones is 1. The minimum atomic E-state index is -1.90. The van der Waals surface area contributed by atoms with Crippen LogP contribution in [0, 0.1) is 23.7 Å². The van der Waals surface area contributed by atoms with Crippen molar-refractivity contribution in [1.82, 2.24) is 9.80 Å². The van der Waals surface area contributed by atoms with Crippen LogP contribution >= 0.6 is 0 Å². The van der Waals surface area contributed by atoms with Crippen molar-refractivity contribution in [1.29, 1.82) is 0 Å². The summed E-state index contributed by atoms with van der Waals surface area (Å²) in [6, 6.07) is -0.0484. The van der Waals surface area contributed by atoms with E-state index >= 15 is 0 Å². The molecule has 3 aliphatic heterocycles. The Balaban J connectivity index is 2.08. The molecule has 3 aliphatic rings. The Hall–Kier alpha value is -1.22. The fourth-order valence-corrected chi connectivity index (χ4v) is 7.93. The fourth-order valence-electron chi connectivity index (χ4n) is 7.93. The maximum Gasteiger partial charge on any atom is 0.311 e. The molecule has 0 aromatic heterocycles. The number of Topliss-reactive ketones (excluding diaryl/α,β-unsaturated/α-hetero) is 1. The van der Waals surface area contributed by atoms with Crippen molar-refractivity contribution in [2.24, 2.45) is 23.7 Å². The molecular formula is C34H62N2O10. The van der Waals surface area contributed by atoms with Crippen LogP contribution in [0.2, 0.25) is 0 Å². The van der Waals surface area contributed by atoms with Gasteiger partial charge in [0.1, 0.15) is 17.5 Å². The number of nitrogens with zero attached hydrogens (tertiary/aromatic N) is 2. The smallest absolute Gasteiger partial charge is 0.311 e. The Labute approximate surface area is 276 Å². The third kappa shape index (κ3) is 8.31. The second-order valence-electron chi connectivity index (χ2n) is 14.7. The summed E-state index contributed by atoms with van der Waals surface area (Å²) in [7, 11) is 5.55. The number of hydrogen-bond acceptors (Lipinski definition) is 12. The Kier molecular flexibility index (Phi) is 13.6. The van der Waals surface area contributed by atoms with Crippen LogP contribution in [0.5, 0.6) is 0 Å². The molecule has 0 bridgehead atoms. The van der Waals surface area contributed by atoms with Crippen LogP contribution in [-0.2, 0) is 33.3 Å². The first-order chi connectivity index (χ1) is 21.4. The van der Waals surface area contributed by atoms with Crippen LogP contribution in [-0.4, -0.2) is 144 Å². The summed E-state index contributed by atoms with van der Waals surface area (Å²) in [5.74, 6) is -4.23. The molecule has 3 heterocycles. The summed E-state index contributed by atoms with van der Waals surface area (Å²) in [4.78, 5) is 31.8. The van der Waals surface area contributed by atoms with Gasteiger partial charge in [-0.3, -0.25) is 14.5 Å². The highest BCUT2D eigenvalue weighted by Gasteiger charge is 2.52. The number of hydrogen-bond donors (Lipinski definition) is 3. The van der Waals surface area contributed by atoms with Gasteiger partial charge in [0.05, 0.1) is 55.2 Å². The van der Waals surface area contributed by atoms with E-state index in [0.717, 1.165) is 19.5 Å². The molecule has 0 amide bonds. The van der Waals surface area contributed by atoms with E-state index < -0.39 is 71.5 Å². The number of ether oxygens (including phenoxy) is 5. The first-order valence-electron chi connectivity index (χ1n) is 17.1. The topological polar surface area (TPSA) is 147 Å². The van der Waals surface area contributed by atoms with E-state index in [1.807, 2.05) is 34.9 Å². The van der Waals surface area contributed by atoms with E-state index in [0.29, 0.717) is 13.2 Å². The molecule has 46 heavy (non-hydrogen) atoms. The van der Waals surface area contributed by atoms with E-state index in [-0.39, 0.29) is 36.8 Å². The molecular weight excluding hydrogens is 596 g/mol. The average Bonchev–Trinajstić information content (AvgIpc) is 3.02. The van der Waals surface area contributed by atoms with Gasteiger partial charge in [0.15, 0.2) is 6.29 Å². The first kappa shape index (κ1) is 39.2. The van der Waals surface area contributed by atoms with E-state index in [2.05, 4.69) is 9.80 Å². The van der Waals surface area contributed by atoms with Crippen molar-refractivity contribution < 1.29 is 48.6 Å². The molecule has 3 N–H and O–H groups in total. The van der Waals surface area contributed by atoms with Gasteiger partial charge in [0.25, 0.3) is 0 Å². The molecule has 0 saturated carbocycles. The number of likely N-dealkylation sites (N-methyl/N-ethyl adjacent to an activating group) is 1. The van der Waals surface area contributed by atoms with E-state index in [1.54, 1.807) is 34.8 Å². The number of methoxy groups -OCH3 is 1. The Morgan fingerprint density at radius 2 is 1.63 bits per heavy atom. The van der Waals surface area contributed by atoms with Gasteiger partial charge in [-0.05, 0) is 61.1 Å². The highest BCUT2D eigenvalue weighted by atomic mass is 16.7. The zero-order valence-electron chi connectivity index (χ0n) is 30.0. The first-order valence-corrected chi connectivity index (χ1v) is 17.1. The van der Waals surface area contributed by atoms with Crippen molar-refractivity contribution >= 4 is 11.8 Å². The van der Waals surface area contributed by atoms with Crippen molar-refractivity contribution in [2.45, 2.75) is 135 Å². The van der Waals surface area contributed by atoms with Gasteiger partial charge in [-0.25, -0.2) is 0 Å². The summed E-state index contributed by atoms with van der Waals surface area (Å²) in [6.07, 6.45) is -4.28. The summed E-state index contributed by atoms with van der Waals surface area (Å²) < 4.78 is 31.0. The van der Waals surface area contributed by atoms with E-state index in [4.69, 9.17) is 23.7 Å². The van der Waals surface area contributed by atoms with Gasteiger partial charge in [0, 0.05) is 44.0 Å². The quantitative estimate of drug-likeness (QED) is 0.358. The molecule has 268 valence electrons. The molecule has 0 spiro atoms. The van der Waals surface area contributed by atoms with Crippen LogP contribution in [0.4, 0.5) is 0 Å². The third-order valence-corrected chi connectivity index (χ3v) is 11.0. The molecule has 3 rings (SSSR count). The average molecular weight is 659 g/mol. The number of morpholine rings is 1. The number of cyclic esters (lactones) is 1. The van der Waals surface area contributed by atoms with Gasteiger partial charge in [-0.2, -0.15) is 0 Å². The minimum absolute atomic E-state index is 0.114. The van der Waals surface area contributed by atoms with Gasteiger partial charge >= 0.3 is 5.97 Å². The van der Waals surface area contributed by atoms with Crippen LogP contribution in [0.25, 0.3) is 0 Å². The largest absolute Gasteiger partial charge is 0.459 e. The number of rotatable bonds is 6. The lowest BCUT2D eigenvalue weighted by atomic mass is 9.74. The fraction of sp³-hybridized carbons (Fsp3) is 0.941. The van der Waals surface area contributed by atoms with E-state index in [9.17, 15) is 24.9 Å². The monoisotopic (exact) mass is 658 g/mol. The molecule has 3 saturated heterocycles. The number of carbonyl (C=O) groups is 2. The molecule has 3 fully saturated rings. The highest BCUT2D eigenvalue weighted by Crippen LogP contribution is 2.39. The second kappa shape index (κ2) is 16.0. The molecule has 0 radical (unpaired) electrons. The minimum Gasteiger partial charge on any atom is -0.459 e. The predicted octanol–water partition coefficient (Wildman–Crippen LogP) is 1.85. The SMILES string of the molecule is CC[C@H]1OC(=O)[C@H](C)[C@@H](O)[C@H](C)[C@@H](O[C@@H]2O[C@H](C)C[C@@H](N3CCOCC3)[C@@H]2N(C)C)[C@@](C)(OC)C[C@@H](C)C(=O)[C@H](C)[C@@H](O)[C@]1(C)O. The lowest BCUT2D eigenvalue weighted by Gasteiger charge is -2.51. The summed E-state index contributed by atoms with van der Waals surface area (Å²) in [5.41, 5.74) is -3.03. The zero-order valence-corrected chi connectivity index (χ0v) is 30.0. The van der Waals surface area contributed by atoms with Crippen molar-refractivity contribution in [3.05, 3.63) is 0 Å². The zero-order chi connectivity index (χ0) is 34.7. The highest BCUT2D eigenvalue weighted by molar-refractivity contribution is 5.83. The van der Waals surface area contributed by atoms with Gasteiger partial charge < -0.3 is 43.9 Å². The van der Waals surface area contributed by atoms with Crippen LogP contribution in [0.1, 0.15) is 74.7 Å². The number of aliphatic hydroxyl groups excluding tert-OH is 2. The summed E-state index contributed by atoms with van der Waals surface area (Å²) >= 11 is 0. The van der Waals surface area contributed by atoms with Gasteiger partial charge in [-0.15, -0.1) is 0 Å². The third-order valence-electron chi connectivity index (χ3n) is 11.0. The molecule has 14 atom stereocenters. The lowest BCUT2D eigenvalue weighted by Crippen LogP contribution is -2.65. The predicted molar refractivity (Wildman–Crippen MR) is 172 cm³/mol. The molecule has 0 unspecified atom stereocenters. The number of aliphatic hydroxyl groups is 3. The summed E-state index contributed by atoms with van der Waals surface area (Å²) in [6.45, 7) is 16.7. The van der Waals surface area contributed by atoms with Crippen molar-refractivity contribution in [2.75, 3.05) is 47.5 Å². The molecule has 0 aliphatic carbocycles. The van der Waals surface area contributed by atoms with Crippen LogP contribution in [0.3, 0.4) is 0 Å². The Bertz CT molecular complexity index is 1010. The van der Waals surface area contributed by atoms with Crippen molar-refractivity contribution in [3.63, 3.8) is 0 Å². The molecule has 12 nitrogen and oxygen atoms in total. The molecule has 0 aromatic rings. The van der Waals surface area contributed by atoms with Gasteiger partial charge in [0.2, 0.25) is 0 Å².